The zero-order valence-corrected chi connectivity index (χ0v) is 9.88. The predicted octanol–water partition coefficient (Wildman–Crippen LogP) is 0.595. The van der Waals surface area contributed by atoms with E-state index in [1.807, 2.05) is 6.92 Å². The number of carbonyl (C=O) groups excluding carboxylic acids is 1. The Kier molecular flexibility index (Phi) is 5.12. The fourth-order valence-corrected chi connectivity index (χ4v) is 1.07. The summed E-state index contributed by atoms with van der Waals surface area (Å²) in [5.41, 5.74) is 0. The summed E-state index contributed by atoms with van der Waals surface area (Å²) in [4.78, 5) is 18.7. The highest BCUT2D eigenvalue weighted by Gasteiger charge is 2.07. The zero-order chi connectivity index (χ0) is 12.7. The van der Waals surface area contributed by atoms with Crippen LogP contribution >= 0.6 is 0 Å². The van der Waals surface area contributed by atoms with E-state index in [1.165, 1.54) is 7.05 Å². The van der Waals surface area contributed by atoms with Gasteiger partial charge in [0, 0.05) is 13.6 Å². The van der Waals surface area contributed by atoms with Gasteiger partial charge in [0.2, 0.25) is 11.9 Å². The van der Waals surface area contributed by atoms with Crippen LogP contribution in [0, 0.1) is 5.82 Å². The molecule has 3 N–H and O–H groups in total. The van der Waals surface area contributed by atoms with Gasteiger partial charge in [0.25, 0.3) is 0 Å². The smallest absolute Gasteiger partial charge is 0.239 e. The monoisotopic (exact) mass is 241 g/mol. The molecule has 7 heteroatoms. The number of nitrogens with zero attached hydrogens (tertiary/aromatic N) is 2. The number of halogens is 1. The van der Waals surface area contributed by atoms with Gasteiger partial charge in [-0.25, -0.2) is 9.37 Å². The Morgan fingerprint density at radius 2 is 2.24 bits per heavy atom. The molecule has 0 saturated carbocycles. The van der Waals surface area contributed by atoms with Crippen molar-refractivity contribution in [2.75, 3.05) is 30.8 Å². The number of anilines is 2. The van der Waals surface area contributed by atoms with E-state index in [9.17, 15) is 9.18 Å². The summed E-state index contributed by atoms with van der Waals surface area (Å²) in [6.07, 6.45) is 1.99. The van der Waals surface area contributed by atoms with E-state index in [2.05, 4.69) is 25.9 Å². The van der Waals surface area contributed by atoms with Gasteiger partial charge in [-0.05, 0) is 6.42 Å². The van der Waals surface area contributed by atoms with Crippen molar-refractivity contribution in [2.45, 2.75) is 13.3 Å². The number of hydrogen-bond acceptors (Lipinski definition) is 5. The molecule has 0 unspecified atom stereocenters. The van der Waals surface area contributed by atoms with Gasteiger partial charge < -0.3 is 16.0 Å². The predicted molar refractivity (Wildman–Crippen MR) is 63.3 cm³/mol. The molecule has 0 aliphatic carbocycles. The second-order valence-corrected chi connectivity index (χ2v) is 3.34. The average Bonchev–Trinajstić information content (AvgIpc) is 2.35. The average molecular weight is 241 g/mol. The van der Waals surface area contributed by atoms with Crippen LogP contribution in [-0.4, -0.2) is 36.0 Å². The van der Waals surface area contributed by atoms with Crippen molar-refractivity contribution in [3.05, 3.63) is 12.0 Å². The topological polar surface area (TPSA) is 78.9 Å². The van der Waals surface area contributed by atoms with Crippen LogP contribution in [-0.2, 0) is 4.79 Å². The first-order valence-corrected chi connectivity index (χ1v) is 5.38. The molecule has 0 bridgehead atoms. The molecule has 0 saturated heterocycles. The third kappa shape index (κ3) is 4.21. The molecule has 0 fully saturated rings. The maximum absolute atomic E-state index is 13.3. The Labute approximate surface area is 99.0 Å². The summed E-state index contributed by atoms with van der Waals surface area (Å²) in [6.45, 7) is 2.68. The zero-order valence-electron chi connectivity index (χ0n) is 9.88. The van der Waals surface area contributed by atoms with Gasteiger partial charge in [0.05, 0.1) is 12.7 Å². The first-order valence-electron chi connectivity index (χ1n) is 5.38. The summed E-state index contributed by atoms with van der Waals surface area (Å²) in [6, 6.07) is 0. The molecular formula is C10H16FN5O. The second kappa shape index (κ2) is 6.62. The summed E-state index contributed by atoms with van der Waals surface area (Å²) in [5, 5.41) is 7.96. The lowest BCUT2D eigenvalue weighted by molar-refractivity contribution is -0.118. The third-order valence-electron chi connectivity index (χ3n) is 1.97. The number of carbonyl (C=O) groups is 1. The van der Waals surface area contributed by atoms with Crippen LogP contribution in [0.4, 0.5) is 16.2 Å². The van der Waals surface area contributed by atoms with E-state index in [4.69, 9.17) is 0 Å². The van der Waals surface area contributed by atoms with Crippen LogP contribution in [0.5, 0.6) is 0 Å². The molecule has 6 nitrogen and oxygen atoms in total. The van der Waals surface area contributed by atoms with Crippen molar-refractivity contribution in [3.63, 3.8) is 0 Å². The molecule has 17 heavy (non-hydrogen) atoms. The molecule has 1 rings (SSSR count). The van der Waals surface area contributed by atoms with Crippen LogP contribution in [0.15, 0.2) is 6.20 Å². The lowest BCUT2D eigenvalue weighted by Gasteiger charge is -2.08. The quantitative estimate of drug-likeness (QED) is 0.679. The molecule has 1 heterocycles. The summed E-state index contributed by atoms with van der Waals surface area (Å²) < 4.78 is 13.3. The number of aromatic nitrogens is 2. The second-order valence-electron chi connectivity index (χ2n) is 3.34. The first-order chi connectivity index (χ1) is 8.17. The minimum Gasteiger partial charge on any atom is -0.358 e. The molecule has 94 valence electrons. The largest absolute Gasteiger partial charge is 0.358 e. The van der Waals surface area contributed by atoms with Crippen molar-refractivity contribution in [3.8, 4) is 0 Å². The van der Waals surface area contributed by atoms with Crippen molar-refractivity contribution in [1.29, 1.82) is 0 Å². The van der Waals surface area contributed by atoms with Crippen LogP contribution in [0.2, 0.25) is 0 Å². The Morgan fingerprint density at radius 1 is 1.47 bits per heavy atom. The van der Waals surface area contributed by atoms with E-state index in [-0.39, 0.29) is 18.3 Å². The van der Waals surface area contributed by atoms with Gasteiger partial charge in [-0.2, -0.15) is 4.98 Å². The molecule has 1 aromatic heterocycles. The minimum absolute atomic E-state index is 0.0159. The van der Waals surface area contributed by atoms with E-state index in [0.29, 0.717) is 12.5 Å². The van der Waals surface area contributed by atoms with Crippen LogP contribution in [0.25, 0.3) is 0 Å². The third-order valence-corrected chi connectivity index (χ3v) is 1.97. The van der Waals surface area contributed by atoms with Crippen molar-refractivity contribution < 1.29 is 9.18 Å². The van der Waals surface area contributed by atoms with Gasteiger partial charge in [0.1, 0.15) is 0 Å². The first kappa shape index (κ1) is 13.1. The highest BCUT2D eigenvalue weighted by Crippen LogP contribution is 2.11. The maximum atomic E-state index is 13.3. The lowest BCUT2D eigenvalue weighted by Crippen LogP contribution is -2.26. The van der Waals surface area contributed by atoms with Gasteiger partial charge in [-0.3, -0.25) is 4.79 Å². The lowest BCUT2D eigenvalue weighted by atomic mass is 10.5. The van der Waals surface area contributed by atoms with Crippen LogP contribution in [0.1, 0.15) is 13.3 Å². The van der Waals surface area contributed by atoms with Gasteiger partial charge in [-0.1, -0.05) is 6.92 Å². The van der Waals surface area contributed by atoms with Crippen LogP contribution in [0.3, 0.4) is 0 Å². The van der Waals surface area contributed by atoms with Crippen molar-refractivity contribution in [1.82, 2.24) is 15.3 Å². The molecule has 1 aromatic rings. The van der Waals surface area contributed by atoms with Crippen LogP contribution < -0.4 is 16.0 Å². The summed E-state index contributed by atoms with van der Waals surface area (Å²) >= 11 is 0. The van der Waals surface area contributed by atoms with E-state index in [0.717, 1.165) is 12.6 Å². The standard InChI is InChI=1S/C10H16FN5O/c1-3-4-13-10-15-5-7(11)9(16-10)14-6-8(17)12-2/h5H,3-4,6H2,1-2H3,(H,12,17)(H2,13,14,15,16). The Bertz CT molecular complexity index is 385. The number of likely N-dealkylation sites (N-methyl/N-ethyl adjacent to an activating group) is 1. The Hall–Kier alpha value is -1.92. The highest BCUT2D eigenvalue weighted by atomic mass is 19.1. The molecule has 0 aromatic carbocycles. The van der Waals surface area contributed by atoms with E-state index in [1.54, 1.807) is 0 Å². The molecule has 0 aliphatic heterocycles. The SMILES string of the molecule is CCCNc1ncc(F)c(NCC(=O)NC)n1. The van der Waals surface area contributed by atoms with Gasteiger partial charge in [-0.15, -0.1) is 0 Å². The number of amides is 1. The fraction of sp³-hybridized carbons (Fsp3) is 0.500. The normalized spacial score (nSPS) is 9.82. The van der Waals surface area contributed by atoms with Crippen molar-refractivity contribution >= 4 is 17.7 Å². The maximum Gasteiger partial charge on any atom is 0.239 e. The molecular weight excluding hydrogens is 225 g/mol. The molecule has 0 aliphatic rings. The molecule has 0 atom stereocenters. The molecule has 0 radical (unpaired) electrons. The van der Waals surface area contributed by atoms with Crippen molar-refractivity contribution in [2.24, 2.45) is 0 Å². The van der Waals surface area contributed by atoms with E-state index >= 15 is 0 Å². The fourth-order valence-electron chi connectivity index (χ4n) is 1.07. The van der Waals surface area contributed by atoms with E-state index < -0.39 is 5.82 Å². The Morgan fingerprint density at radius 3 is 2.88 bits per heavy atom. The number of rotatable bonds is 6. The minimum atomic E-state index is -0.587. The highest BCUT2D eigenvalue weighted by molar-refractivity contribution is 5.80. The number of hydrogen-bond donors (Lipinski definition) is 3. The summed E-state index contributed by atoms with van der Waals surface area (Å²) in [5.74, 6) is -0.475. The molecule has 1 amide bonds. The van der Waals surface area contributed by atoms with Gasteiger partial charge >= 0.3 is 0 Å². The summed E-state index contributed by atoms with van der Waals surface area (Å²) in [7, 11) is 1.51. The Balaban J connectivity index is 2.65. The number of nitrogens with one attached hydrogen (secondary N) is 3. The molecule has 0 spiro atoms. The van der Waals surface area contributed by atoms with Gasteiger partial charge in [0.15, 0.2) is 11.6 Å².